The second-order valence-corrected chi connectivity index (χ2v) is 6.76. The van der Waals surface area contributed by atoms with Crippen molar-refractivity contribution in [1.29, 1.82) is 0 Å². The molecule has 1 heterocycles. The molecule has 5 nitrogen and oxygen atoms in total. The Hall–Kier alpha value is -0.960. The maximum atomic E-state index is 13.0. The molecule has 0 aliphatic rings. The number of nitrogens with one attached hydrogen (secondary N) is 1. The highest BCUT2D eigenvalue weighted by Crippen LogP contribution is 2.25. The van der Waals surface area contributed by atoms with E-state index in [2.05, 4.69) is 30.6 Å². The number of nitrogens with zero attached hydrogens (tertiary/aromatic N) is 2. The molecule has 0 saturated carbocycles. The van der Waals surface area contributed by atoms with Gasteiger partial charge in [-0.15, -0.1) is 0 Å². The van der Waals surface area contributed by atoms with Crippen LogP contribution in [-0.4, -0.2) is 18.4 Å². The van der Waals surface area contributed by atoms with Crippen LogP contribution in [0, 0.1) is 5.82 Å². The Balaban J connectivity index is 2.40. The van der Waals surface area contributed by atoms with Crippen molar-refractivity contribution in [2.45, 2.75) is 4.90 Å². The average molecular weight is 401 g/mol. The van der Waals surface area contributed by atoms with Crippen LogP contribution >= 0.6 is 39.1 Å². The highest BCUT2D eigenvalue weighted by atomic mass is 79.9. The third kappa shape index (κ3) is 3.57. The minimum absolute atomic E-state index is 0.0131. The maximum Gasteiger partial charge on any atom is 0.264 e. The number of aromatic nitrogens is 2. The minimum atomic E-state index is -3.97. The van der Waals surface area contributed by atoms with Gasteiger partial charge in [-0.3, -0.25) is 4.72 Å². The van der Waals surface area contributed by atoms with E-state index in [0.29, 0.717) is 0 Å². The zero-order valence-electron chi connectivity index (χ0n) is 9.44. The summed E-state index contributed by atoms with van der Waals surface area (Å²) >= 11 is 14.2. The minimum Gasteiger partial charge on any atom is -0.263 e. The van der Waals surface area contributed by atoms with Crippen LogP contribution in [0.3, 0.4) is 0 Å². The third-order valence-electron chi connectivity index (χ3n) is 2.09. The van der Waals surface area contributed by atoms with Gasteiger partial charge in [0, 0.05) is 10.5 Å². The number of benzene rings is 1. The standard InChI is InChI=1S/C10H5BrCl2FN3O2S/c11-6-3-5(14)1-2-7(6)20(18,19)17-9-4-8(12)15-10(13)16-9/h1-4H,(H,15,16,17). The Morgan fingerprint density at radius 1 is 1.20 bits per heavy atom. The van der Waals surface area contributed by atoms with E-state index < -0.39 is 15.8 Å². The highest BCUT2D eigenvalue weighted by molar-refractivity contribution is 9.10. The first-order valence-corrected chi connectivity index (χ1v) is 7.99. The van der Waals surface area contributed by atoms with Crippen LogP contribution in [0.25, 0.3) is 0 Å². The van der Waals surface area contributed by atoms with Crippen LogP contribution in [0.15, 0.2) is 33.6 Å². The molecule has 0 spiro atoms. The molecule has 0 amide bonds. The first kappa shape index (κ1) is 15.4. The molecule has 0 radical (unpaired) electrons. The first-order valence-electron chi connectivity index (χ1n) is 4.96. The number of sulfonamides is 1. The number of hydrogen-bond acceptors (Lipinski definition) is 4. The number of hydrogen-bond donors (Lipinski definition) is 1. The van der Waals surface area contributed by atoms with Gasteiger partial charge in [0.2, 0.25) is 5.28 Å². The molecule has 20 heavy (non-hydrogen) atoms. The average Bonchev–Trinajstić information content (AvgIpc) is 2.25. The van der Waals surface area contributed by atoms with Crippen LogP contribution in [0.4, 0.5) is 10.2 Å². The van der Waals surface area contributed by atoms with Crippen molar-refractivity contribution < 1.29 is 12.8 Å². The van der Waals surface area contributed by atoms with Gasteiger partial charge < -0.3 is 0 Å². The lowest BCUT2D eigenvalue weighted by Crippen LogP contribution is -2.15. The molecule has 2 aromatic rings. The summed E-state index contributed by atoms with van der Waals surface area (Å²) in [5.41, 5.74) is 0. The van der Waals surface area contributed by atoms with Gasteiger partial charge in [0.15, 0.2) is 0 Å². The number of halogens is 4. The van der Waals surface area contributed by atoms with Gasteiger partial charge >= 0.3 is 0 Å². The van der Waals surface area contributed by atoms with Crippen LogP contribution in [0.2, 0.25) is 10.4 Å². The number of rotatable bonds is 3. The summed E-state index contributed by atoms with van der Waals surface area (Å²) in [6.07, 6.45) is 0. The Morgan fingerprint density at radius 3 is 2.50 bits per heavy atom. The van der Waals surface area contributed by atoms with Crippen molar-refractivity contribution in [2.24, 2.45) is 0 Å². The lowest BCUT2D eigenvalue weighted by Gasteiger charge is -2.09. The SMILES string of the molecule is O=S(=O)(Nc1cc(Cl)nc(Cl)n1)c1ccc(F)cc1Br. The van der Waals surface area contributed by atoms with Crippen molar-refractivity contribution in [3.63, 3.8) is 0 Å². The monoisotopic (exact) mass is 399 g/mol. The van der Waals surface area contributed by atoms with E-state index in [1.54, 1.807) is 0 Å². The van der Waals surface area contributed by atoms with E-state index in [-0.39, 0.29) is 25.6 Å². The molecule has 1 aromatic heterocycles. The van der Waals surface area contributed by atoms with E-state index in [0.717, 1.165) is 18.2 Å². The van der Waals surface area contributed by atoms with E-state index in [1.165, 1.54) is 6.07 Å². The fourth-order valence-corrected chi connectivity index (χ4v) is 3.78. The molecule has 0 unspecified atom stereocenters. The second kappa shape index (κ2) is 5.80. The molecule has 0 bridgehead atoms. The van der Waals surface area contributed by atoms with Gasteiger partial charge in [-0.2, -0.15) is 4.98 Å². The molecule has 0 fully saturated rings. The molecule has 0 saturated heterocycles. The number of anilines is 1. The normalized spacial score (nSPS) is 11.4. The predicted molar refractivity (Wildman–Crippen MR) is 77.0 cm³/mol. The van der Waals surface area contributed by atoms with Crippen LogP contribution in [-0.2, 0) is 10.0 Å². The Kier molecular flexibility index (Phi) is 4.48. The third-order valence-corrected chi connectivity index (χ3v) is 4.78. The molecule has 1 aromatic carbocycles. The summed E-state index contributed by atoms with van der Waals surface area (Å²) in [7, 11) is -3.97. The van der Waals surface area contributed by atoms with Gasteiger partial charge in [0.25, 0.3) is 10.0 Å². The molecule has 0 atom stereocenters. The van der Waals surface area contributed by atoms with Crippen molar-refractivity contribution in [3.05, 3.63) is 45.0 Å². The maximum absolute atomic E-state index is 13.0. The molecule has 1 N–H and O–H groups in total. The lowest BCUT2D eigenvalue weighted by atomic mass is 10.3. The van der Waals surface area contributed by atoms with Crippen LogP contribution in [0.1, 0.15) is 0 Å². The smallest absolute Gasteiger partial charge is 0.263 e. The van der Waals surface area contributed by atoms with E-state index in [1.807, 2.05) is 0 Å². The largest absolute Gasteiger partial charge is 0.264 e. The Labute approximate surface area is 132 Å². The van der Waals surface area contributed by atoms with Crippen molar-refractivity contribution in [1.82, 2.24) is 9.97 Å². The van der Waals surface area contributed by atoms with E-state index in [9.17, 15) is 12.8 Å². The molecule has 0 aliphatic heterocycles. The second-order valence-electron chi connectivity index (χ2n) is 3.53. The summed E-state index contributed by atoms with van der Waals surface area (Å²) in [4.78, 5) is 7.13. The summed E-state index contributed by atoms with van der Waals surface area (Å²) in [6, 6.07) is 4.38. The van der Waals surface area contributed by atoms with Crippen molar-refractivity contribution in [2.75, 3.05) is 4.72 Å². The fraction of sp³-hybridized carbons (Fsp3) is 0. The van der Waals surface area contributed by atoms with Gasteiger partial charge in [-0.05, 0) is 45.7 Å². The summed E-state index contributed by atoms with van der Waals surface area (Å²) in [5, 5.41) is -0.214. The topological polar surface area (TPSA) is 72.0 Å². The highest BCUT2D eigenvalue weighted by Gasteiger charge is 2.19. The first-order chi connectivity index (χ1) is 9.28. The van der Waals surface area contributed by atoms with E-state index >= 15 is 0 Å². The van der Waals surface area contributed by atoms with Crippen LogP contribution < -0.4 is 4.72 Å². The Morgan fingerprint density at radius 2 is 1.90 bits per heavy atom. The van der Waals surface area contributed by atoms with Crippen molar-refractivity contribution >= 4 is 55.0 Å². The van der Waals surface area contributed by atoms with Crippen LogP contribution in [0.5, 0.6) is 0 Å². The quantitative estimate of drug-likeness (QED) is 0.632. The van der Waals surface area contributed by atoms with E-state index in [4.69, 9.17) is 23.2 Å². The summed E-state index contributed by atoms with van der Waals surface area (Å²) < 4.78 is 39.5. The predicted octanol–water partition coefficient (Wildman–Crippen LogP) is 3.49. The fourth-order valence-electron chi connectivity index (χ4n) is 1.33. The molecule has 2 rings (SSSR count). The molecule has 0 aliphatic carbocycles. The molecular weight excluding hydrogens is 396 g/mol. The summed E-state index contributed by atoms with van der Waals surface area (Å²) in [5.74, 6) is -0.657. The van der Waals surface area contributed by atoms with Crippen molar-refractivity contribution in [3.8, 4) is 0 Å². The van der Waals surface area contributed by atoms with Gasteiger partial charge in [-0.1, -0.05) is 11.6 Å². The summed E-state index contributed by atoms with van der Waals surface area (Å²) in [6.45, 7) is 0. The van der Waals surface area contributed by atoms with Gasteiger partial charge in [0.05, 0.1) is 0 Å². The molecule has 10 heteroatoms. The van der Waals surface area contributed by atoms with Gasteiger partial charge in [0.1, 0.15) is 21.7 Å². The van der Waals surface area contributed by atoms with Gasteiger partial charge in [-0.25, -0.2) is 17.8 Å². The zero-order chi connectivity index (χ0) is 14.9. The molecule has 106 valence electrons. The Bertz CT molecular complexity index is 753. The zero-order valence-corrected chi connectivity index (χ0v) is 13.4. The lowest BCUT2D eigenvalue weighted by molar-refractivity contribution is 0.598. The molecular formula is C10H5BrCl2FN3O2S.